The predicted octanol–water partition coefficient (Wildman–Crippen LogP) is 3.08. The number of aryl methyl sites for hydroxylation is 1. The van der Waals surface area contributed by atoms with Crippen molar-refractivity contribution in [1.29, 1.82) is 0 Å². The van der Waals surface area contributed by atoms with E-state index in [9.17, 15) is 0 Å². The molecule has 0 amide bonds. The Morgan fingerprint density at radius 3 is 3.17 bits per heavy atom. The molecule has 0 aliphatic carbocycles. The van der Waals surface area contributed by atoms with Gasteiger partial charge in [0.1, 0.15) is 5.75 Å². The first-order valence-corrected chi connectivity index (χ1v) is 7.16. The van der Waals surface area contributed by atoms with Crippen LogP contribution in [0.15, 0.2) is 33.7 Å². The zero-order valence-corrected chi connectivity index (χ0v) is 11.1. The number of fused-ring (bicyclic) bond motifs is 1. The Balaban J connectivity index is 1.78. The monoisotopic (exact) mass is 282 g/mol. The molecule has 0 spiro atoms. The van der Waals surface area contributed by atoms with Crippen LogP contribution in [0.3, 0.4) is 0 Å². The fourth-order valence-electron chi connectivity index (χ4n) is 1.73. The van der Waals surface area contributed by atoms with E-state index in [1.54, 1.807) is 11.8 Å². The van der Waals surface area contributed by atoms with Gasteiger partial charge in [-0.25, -0.2) is 0 Å². The summed E-state index contributed by atoms with van der Waals surface area (Å²) in [7, 11) is 0. The van der Waals surface area contributed by atoms with Gasteiger partial charge in [0.15, 0.2) is 6.10 Å². The third-order valence-corrected chi connectivity index (χ3v) is 3.90. The van der Waals surface area contributed by atoms with Gasteiger partial charge in [0.25, 0.3) is 0 Å². The molecule has 1 aliphatic heterocycles. The Labute approximate surface area is 114 Å². The average Bonchev–Trinajstić information content (AvgIpc) is 2.87. The first-order valence-electron chi connectivity index (χ1n) is 5.64. The van der Waals surface area contributed by atoms with Crippen molar-refractivity contribution < 1.29 is 9.26 Å². The van der Waals surface area contributed by atoms with E-state index in [1.807, 2.05) is 24.3 Å². The molecule has 0 bridgehead atoms. The normalized spacial score (nSPS) is 18.2. The molecule has 0 radical (unpaired) electrons. The number of para-hydroxylation sites is 1. The van der Waals surface area contributed by atoms with Crippen molar-refractivity contribution in [2.45, 2.75) is 17.4 Å². The van der Waals surface area contributed by atoms with E-state index in [4.69, 9.17) is 20.9 Å². The molecule has 1 aromatic carbocycles. The van der Waals surface area contributed by atoms with Crippen LogP contribution in [-0.2, 0) is 6.42 Å². The van der Waals surface area contributed by atoms with E-state index in [0.29, 0.717) is 24.0 Å². The lowest BCUT2D eigenvalue weighted by atomic mass is 10.3. The number of benzene rings is 1. The Hall–Kier alpha value is -1.20. The lowest BCUT2D eigenvalue weighted by Gasteiger charge is -2.22. The summed E-state index contributed by atoms with van der Waals surface area (Å²) in [6.45, 7) is 0. The molecule has 0 fully saturated rings. The zero-order chi connectivity index (χ0) is 12.4. The minimum absolute atomic E-state index is 0.155. The third-order valence-electron chi connectivity index (χ3n) is 2.59. The van der Waals surface area contributed by atoms with Gasteiger partial charge >= 0.3 is 0 Å². The number of thioether (sulfide) groups is 1. The molecule has 3 rings (SSSR count). The fraction of sp³-hybridized carbons (Fsp3) is 0.333. The summed E-state index contributed by atoms with van der Waals surface area (Å²) in [6, 6.07) is 7.96. The zero-order valence-electron chi connectivity index (χ0n) is 9.51. The second-order valence-electron chi connectivity index (χ2n) is 3.85. The number of hydrogen-bond acceptors (Lipinski definition) is 5. The second-order valence-corrected chi connectivity index (χ2v) is 5.29. The molecule has 1 atom stereocenters. The number of nitrogens with zero attached hydrogens (tertiary/aromatic N) is 2. The van der Waals surface area contributed by atoms with Gasteiger partial charge in [0, 0.05) is 22.9 Å². The van der Waals surface area contributed by atoms with Crippen LogP contribution in [-0.4, -0.2) is 21.8 Å². The summed E-state index contributed by atoms with van der Waals surface area (Å²) in [5.41, 5.74) is 0. The van der Waals surface area contributed by atoms with Crippen molar-refractivity contribution in [2.24, 2.45) is 0 Å². The molecule has 4 nitrogen and oxygen atoms in total. The summed E-state index contributed by atoms with van der Waals surface area (Å²) in [6.07, 6.45) is 0.433. The van der Waals surface area contributed by atoms with Crippen molar-refractivity contribution in [2.75, 3.05) is 11.6 Å². The maximum atomic E-state index is 5.87. The largest absolute Gasteiger partial charge is 0.480 e. The maximum absolute atomic E-state index is 5.87. The Morgan fingerprint density at radius 2 is 2.28 bits per heavy atom. The van der Waals surface area contributed by atoms with E-state index < -0.39 is 0 Å². The van der Waals surface area contributed by atoms with Crippen LogP contribution < -0.4 is 4.74 Å². The van der Waals surface area contributed by atoms with Gasteiger partial charge in [0.2, 0.25) is 11.7 Å². The van der Waals surface area contributed by atoms with Gasteiger partial charge in [0.05, 0.1) is 0 Å². The van der Waals surface area contributed by atoms with Crippen molar-refractivity contribution in [3.8, 4) is 5.75 Å². The molecule has 1 aliphatic rings. The van der Waals surface area contributed by atoms with E-state index in [1.165, 1.54) is 0 Å². The number of hydrogen-bond donors (Lipinski definition) is 0. The highest BCUT2D eigenvalue weighted by atomic mass is 35.5. The Morgan fingerprint density at radius 1 is 1.39 bits per heavy atom. The van der Waals surface area contributed by atoms with E-state index in [-0.39, 0.29) is 6.10 Å². The molecule has 0 N–H and O–H groups in total. The van der Waals surface area contributed by atoms with Crippen molar-refractivity contribution in [3.05, 3.63) is 36.0 Å². The molecule has 6 heteroatoms. The van der Waals surface area contributed by atoms with E-state index in [0.717, 1.165) is 16.4 Å². The number of halogens is 1. The van der Waals surface area contributed by atoms with Gasteiger partial charge in [-0.1, -0.05) is 17.3 Å². The molecule has 94 valence electrons. The summed E-state index contributed by atoms with van der Waals surface area (Å²) in [4.78, 5) is 5.45. The van der Waals surface area contributed by atoms with E-state index >= 15 is 0 Å². The summed E-state index contributed by atoms with van der Waals surface area (Å²) in [5, 5.41) is 3.95. The molecular weight excluding hydrogens is 272 g/mol. The summed E-state index contributed by atoms with van der Waals surface area (Å²) >= 11 is 7.38. The van der Waals surface area contributed by atoms with Gasteiger partial charge < -0.3 is 9.26 Å². The number of rotatable bonds is 3. The first kappa shape index (κ1) is 11.9. The van der Waals surface area contributed by atoms with Gasteiger partial charge in [-0.15, -0.1) is 23.4 Å². The fourth-order valence-corrected chi connectivity index (χ4v) is 2.87. The highest BCUT2D eigenvalue weighted by Crippen LogP contribution is 2.39. The standard InChI is InChI=1S/C12H11ClN2O2S/c13-6-5-11-14-12(15-17-11)9-7-18-10-4-2-1-3-8(10)16-9/h1-4,9H,5-7H2. The molecule has 1 aromatic heterocycles. The average molecular weight is 283 g/mol. The van der Waals surface area contributed by atoms with Crippen molar-refractivity contribution in [3.63, 3.8) is 0 Å². The van der Waals surface area contributed by atoms with E-state index in [2.05, 4.69) is 10.1 Å². The number of ether oxygens (including phenoxy) is 1. The quantitative estimate of drug-likeness (QED) is 0.810. The van der Waals surface area contributed by atoms with Crippen molar-refractivity contribution in [1.82, 2.24) is 10.1 Å². The van der Waals surface area contributed by atoms with Crippen LogP contribution in [0.4, 0.5) is 0 Å². The van der Waals surface area contributed by atoms with Crippen LogP contribution in [0.5, 0.6) is 5.75 Å². The maximum Gasteiger partial charge on any atom is 0.227 e. The molecular formula is C12H11ClN2O2S. The highest BCUT2D eigenvalue weighted by molar-refractivity contribution is 7.99. The van der Waals surface area contributed by atoms with Crippen molar-refractivity contribution >= 4 is 23.4 Å². The van der Waals surface area contributed by atoms with Crippen LogP contribution in [0.2, 0.25) is 0 Å². The lowest BCUT2D eigenvalue weighted by molar-refractivity contribution is 0.205. The van der Waals surface area contributed by atoms with Gasteiger partial charge in [-0.05, 0) is 12.1 Å². The van der Waals surface area contributed by atoms with Crippen LogP contribution in [0.25, 0.3) is 0 Å². The second kappa shape index (κ2) is 5.20. The Bertz CT molecular complexity index is 546. The molecule has 18 heavy (non-hydrogen) atoms. The summed E-state index contributed by atoms with van der Waals surface area (Å²) in [5.74, 6) is 3.30. The van der Waals surface area contributed by atoms with Crippen LogP contribution in [0.1, 0.15) is 17.8 Å². The van der Waals surface area contributed by atoms with Crippen LogP contribution >= 0.6 is 23.4 Å². The molecule has 2 aromatic rings. The summed E-state index contributed by atoms with van der Waals surface area (Å²) < 4.78 is 11.0. The smallest absolute Gasteiger partial charge is 0.227 e. The first-order chi connectivity index (χ1) is 8.86. The Kier molecular flexibility index (Phi) is 3.43. The molecule has 0 saturated heterocycles. The topological polar surface area (TPSA) is 48.2 Å². The van der Waals surface area contributed by atoms with Gasteiger partial charge in [-0.3, -0.25) is 0 Å². The number of alkyl halides is 1. The molecule has 1 unspecified atom stereocenters. The predicted molar refractivity (Wildman–Crippen MR) is 69.3 cm³/mol. The van der Waals surface area contributed by atoms with Gasteiger partial charge in [-0.2, -0.15) is 4.98 Å². The lowest BCUT2D eigenvalue weighted by Crippen LogP contribution is -2.16. The SMILES string of the molecule is ClCCc1nc(C2CSc3ccccc3O2)no1. The highest BCUT2D eigenvalue weighted by Gasteiger charge is 2.25. The minimum Gasteiger partial charge on any atom is -0.480 e. The molecule has 0 saturated carbocycles. The number of aromatic nitrogens is 2. The minimum atomic E-state index is -0.155. The molecule has 2 heterocycles. The third kappa shape index (κ3) is 2.33. The van der Waals surface area contributed by atoms with Crippen LogP contribution in [0, 0.1) is 0 Å².